The second-order valence-corrected chi connectivity index (χ2v) is 6.01. The van der Waals surface area contributed by atoms with Gasteiger partial charge in [-0.2, -0.15) is 0 Å². The maximum absolute atomic E-state index is 11.9. The molecule has 0 aliphatic heterocycles. The van der Waals surface area contributed by atoms with Gasteiger partial charge in [-0.3, -0.25) is 14.7 Å². The van der Waals surface area contributed by atoms with E-state index >= 15 is 0 Å². The van der Waals surface area contributed by atoms with Gasteiger partial charge >= 0.3 is 0 Å². The van der Waals surface area contributed by atoms with E-state index in [9.17, 15) is 4.79 Å². The SMILES string of the molecule is CN(CCc1ccncc1)CC(=O)NCCc1cccc(Cl)c1. The highest BCUT2D eigenvalue weighted by molar-refractivity contribution is 6.30. The summed E-state index contributed by atoms with van der Waals surface area (Å²) in [4.78, 5) is 18.0. The number of pyridine rings is 1. The Kier molecular flexibility index (Phi) is 7.04. The molecule has 1 aromatic heterocycles. The molecule has 1 amide bonds. The lowest BCUT2D eigenvalue weighted by molar-refractivity contribution is -0.121. The predicted molar refractivity (Wildman–Crippen MR) is 93.6 cm³/mol. The van der Waals surface area contributed by atoms with E-state index in [1.165, 1.54) is 5.56 Å². The fourth-order valence-electron chi connectivity index (χ4n) is 2.29. The Hall–Kier alpha value is -1.91. The zero-order valence-corrected chi connectivity index (χ0v) is 14.1. The molecule has 4 nitrogen and oxygen atoms in total. The van der Waals surface area contributed by atoms with E-state index in [1.54, 1.807) is 12.4 Å². The van der Waals surface area contributed by atoms with Crippen molar-refractivity contribution in [1.82, 2.24) is 15.2 Å². The van der Waals surface area contributed by atoms with E-state index in [0.717, 1.165) is 30.0 Å². The molecule has 23 heavy (non-hydrogen) atoms. The molecule has 0 aliphatic carbocycles. The topological polar surface area (TPSA) is 45.2 Å². The lowest BCUT2D eigenvalue weighted by Gasteiger charge is -2.16. The molecule has 0 bridgehead atoms. The molecule has 0 atom stereocenters. The van der Waals surface area contributed by atoms with E-state index in [-0.39, 0.29) is 5.91 Å². The normalized spacial score (nSPS) is 10.7. The van der Waals surface area contributed by atoms with Crippen molar-refractivity contribution < 1.29 is 4.79 Å². The number of nitrogens with one attached hydrogen (secondary N) is 1. The van der Waals surface area contributed by atoms with Gasteiger partial charge in [0, 0.05) is 30.5 Å². The molecule has 0 fully saturated rings. The summed E-state index contributed by atoms with van der Waals surface area (Å²) in [5.41, 5.74) is 2.36. The fourth-order valence-corrected chi connectivity index (χ4v) is 2.50. The summed E-state index contributed by atoms with van der Waals surface area (Å²) in [6.45, 7) is 1.86. The van der Waals surface area contributed by atoms with Crippen molar-refractivity contribution in [3.8, 4) is 0 Å². The number of likely N-dealkylation sites (N-methyl/N-ethyl adjacent to an activating group) is 1. The van der Waals surface area contributed by atoms with Crippen LogP contribution < -0.4 is 5.32 Å². The van der Waals surface area contributed by atoms with Gasteiger partial charge in [0.05, 0.1) is 6.54 Å². The maximum Gasteiger partial charge on any atom is 0.234 e. The molecular formula is C18H22ClN3O. The highest BCUT2D eigenvalue weighted by atomic mass is 35.5. The molecule has 0 radical (unpaired) electrons. The molecule has 0 aliphatic rings. The van der Waals surface area contributed by atoms with Gasteiger partial charge in [0.1, 0.15) is 0 Å². The quantitative estimate of drug-likeness (QED) is 0.808. The Bertz CT molecular complexity index is 619. The van der Waals surface area contributed by atoms with Crippen LogP contribution in [-0.2, 0) is 17.6 Å². The summed E-state index contributed by atoms with van der Waals surface area (Å²) in [5.74, 6) is 0.0456. The molecule has 2 aromatic rings. The first kappa shape index (κ1) is 17.4. The van der Waals surface area contributed by atoms with Crippen LogP contribution in [0.2, 0.25) is 5.02 Å². The molecule has 1 N–H and O–H groups in total. The van der Waals surface area contributed by atoms with Gasteiger partial charge < -0.3 is 5.32 Å². The third-order valence-corrected chi connectivity index (χ3v) is 3.81. The van der Waals surface area contributed by atoms with Crippen molar-refractivity contribution in [2.24, 2.45) is 0 Å². The van der Waals surface area contributed by atoms with E-state index in [4.69, 9.17) is 11.6 Å². The molecule has 0 saturated carbocycles. The number of rotatable bonds is 8. The number of nitrogens with zero attached hydrogens (tertiary/aromatic N) is 2. The van der Waals surface area contributed by atoms with E-state index in [2.05, 4.69) is 10.3 Å². The van der Waals surface area contributed by atoms with Crippen LogP contribution in [-0.4, -0.2) is 42.5 Å². The fraction of sp³-hybridized carbons (Fsp3) is 0.333. The second kappa shape index (κ2) is 9.28. The van der Waals surface area contributed by atoms with Gasteiger partial charge in [0.15, 0.2) is 0 Å². The van der Waals surface area contributed by atoms with Gasteiger partial charge in [-0.05, 0) is 55.3 Å². The van der Waals surface area contributed by atoms with Crippen molar-refractivity contribution in [2.75, 3.05) is 26.7 Å². The Labute approximate surface area is 142 Å². The molecule has 0 spiro atoms. The van der Waals surface area contributed by atoms with Gasteiger partial charge in [-0.25, -0.2) is 0 Å². The monoisotopic (exact) mass is 331 g/mol. The van der Waals surface area contributed by atoms with Crippen LogP contribution in [0.25, 0.3) is 0 Å². The van der Waals surface area contributed by atoms with Gasteiger partial charge in [0.25, 0.3) is 0 Å². The smallest absolute Gasteiger partial charge is 0.234 e. The maximum atomic E-state index is 11.9. The molecule has 1 aromatic carbocycles. The zero-order valence-electron chi connectivity index (χ0n) is 13.3. The Morgan fingerprint density at radius 3 is 2.70 bits per heavy atom. The summed E-state index contributed by atoms with van der Waals surface area (Å²) < 4.78 is 0. The van der Waals surface area contributed by atoms with Crippen LogP contribution >= 0.6 is 11.6 Å². The van der Waals surface area contributed by atoms with Gasteiger partial charge in [0.2, 0.25) is 5.91 Å². The summed E-state index contributed by atoms with van der Waals surface area (Å²) in [5, 5.41) is 3.67. The lowest BCUT2D eigenvalue weighted by atomic mass is 10.1. The van der Waals surface area contributed by atoms with Crippen molar-refractivity contribution >= 4 is 17.5 Å². The van der Waals surface area contributed by atoms with Crippen molar-refractivity contribution in [3.63, 3.8) is 0 Å². The third-order valence-electron chi connectivity index (χ3n) is 3.57. The number of aromatic nitrogens is 1. The molecule has 1 heterocycles. The summed E-state index contributed by atoms with van der Waals surface area (Å²) >= 11 is 5.94. The minimum atomic E-state index is 0.0456. The Morgan fingerprint density at radius 2 is 1.96 bits per heavy atom. The average molecular weight is 332 g/mol. The number of hydrogen-bond acceptors (Lipinski definition) is 3. The van der Waals surface area contributed by atoms with Crippen LogP contribution in [0.3, 0.4) is 0 Å². The van der Waals surface area contributed by atoms with Gasteiger partial charge in [-0.1, -0.05) is 23.7 Å². The van der Waals surface area contributed by atoms with E-state index < -0.39 is 0 Å². The predicted octanol–water partition coefficient (Wildman–Crippen LogP) is 2.57. The van der Waals surface area contributed by atoms with Gasteiger partial charge in [-0.15, -0.1) is 0 Å². The van der Waals surface area contributed by atoms with Crippen LogP contribution in [0, 0.1) is 0 Å². The largest absolute Gasteiger partial charge is 0.355 e. The second-order valence-electron chi connectivity index (χ2n) is 5.57. The first-order valence-electron chi connectivity index (χ1n) is 7.72. The number of hydrogen-bond donors (Lipinski definition) is 1. The van der Waals surface area contributed by atoms with Crippen molar-refractivity contribution in [3.05, 3.63) is 64.9 Å². The molecule has 122 valence electrons. The molecular weight excluding hydrogens is 310 g/mol. The third kappa shape index (κ3) is 6.80. The molecule has 0 unspecified atom stereocenters. The number of amides is 1. The average Bonchev–Trinajstić information content (AvgIpc) is 2.54. The first-order valence-corrected chi connectivity index (χ1v) is 8.10. The van der Waals surface area contributed by atoms with Crippen LogP contribution in [0.1, 0.15) is 11.1 Å². The molecule has 0 saturated heterocycles. The summed E-state index contributed by atoms with van der Waals surface area (Å²) in [6, 6.07) is 11.7. The van der Waals surface area contributed by atoms with Crippen LogP contribution in [0.5, 0.6) is 0 Å². The summed E-state index contributed by atoms with van der Waals surface area (Å²) in [7, 11) is 1.96. The number of halogens is 1. The van der Waals surface area contributed by atoms with Crippen molar-refractivity contribution in [2.45, 2.75) is 12.8 Å². The highest BCUT2D eigenvalue weighted by Gasteiger charge is 2.06. The number of carbonyl (C=O) groups is 1. The molecule has 5 heteroatoms. The molecule has 2 rings (SSSR count). The minimum absolute atomic E-state index is 0.0456. The Morgan fingerprint density at radius 1 is 1.17 bits per heavy atom. The number of benzene rings is 1. The van der Waals surface area contributed by atoms with Crippen LogP contribution in [0.15, 0.2) is 48.8 Å². The van der Waals surface area contributed by atoms with Crippen LogP contribution in [0.4, 0.5) is 0 Å². The zero-order chi connectivity index (χ0) is 16.5. The number of carbonyl (C=O) groups excluding carboxylic acids is 1. The summed E-state index contributed by atoms with van der Waals surface area (Å²) in [6.07, 6.45) is 5.28. The lowest BCUT2D eigenvalue weighted by Crippen LogP contribution is -2.36. The Balaban J connectivity index is 1.64. The highest BCUT2D eigenvalue weighted by Crippen LogP contribution is 2.10. The van der Waals surface area contributed by atoms with Crippen molar-refractivity contribution in [1.29, 1.82) is 0 Å². The first-order chi connectivity index (χ1) is 11.1. The van der Waals surface area contributed by atoms with E-state index in [1.807, 2.05) is 48.3 Å². The standard InChI is InChI=1S/C18H22ClN3O/c1-22(12-8-15-5-9-20-10-6-15)14-18(23)21-11-7-16-3-2-4-17(19)13-16/h2-6,9-10,13H,7-8,11-12,14H2,1H3,(H,21,23). The minimum Gasteiger partial charge on any atom is -0.355 e. The van der Waals surface area contributed by atoms with E-state index in [0.29, 0.717) is 13.1 Å².